The number of anilines is 1. The lowest BCUT2D eigenvalue weighted by molar-refractivity contribution is -0.115. The van der Waals surface area contributed by atoms with Crippen LogP contribution in [-0.4, -0.2) is 20.7 Å². The number of carbonyl (C=O) groups excluding carboxylic acids is 1. The number of aryl methyl sites for hydroxylation is 1. The molecule has 116 valence electrons. The maximum atomic E-state index is 12.0. The third-order valence-electron chi connectivity index (χ3n) is 3.35. The van der Waals surface area contributed by atoms with Gasteiger partial charge in [-0.15, -0.1) is 0 Å². The summed E-state index contributed by atoms with van der Waals surface area (Å²) in [6, 6.07) is 10.9. The number of rotatable bonds is 4. The second-order valence-electron chi connectivity index (χ2n) is 5.19. The Balaban J connectivity index is 1.63. The topological polar surface area (TPSA) is 59.8 Å². The number of halogens is 1. The molecule has 1 aromatic carbocycles. The van der Waals surface area contributed by atoms with E-state index in [1.807, 2.05) is 31.4 Å². The summed E-state index contributed by atoms with van der Waals surface area (Å²) in [5, 5.41) is 7.57. The second-order valence-corrected chi connectivity index (χ2v) is 5.62. The minimum atomic E-state index is -0.117. The fourth-order valence-corrected chi connectivity index (χ4v) is 2.31. The molecule has 0 aliphatic rings. The Labute approximate surface area is 138 Å². The van der Waals surface area contributed by atoms with Crippen molar-refractivity contribution in [2.75, 3.05) is 5.32 Å². The molecule has 23 heavy (non-hydrogen) atoms. The van der Waals surface area contributed by atoms with Crippen LogP contribution in [0.25, 0.3) is 11.1 Å². The highest BCUT2D eigenvalue weighted by Gasteiger charge is 2.06. The molecule has 0 saturated carbocycles. The summed E-state index contributed by atoms with van der Waals surface area (Å²) in [4.78, 5) is 16.3. The highest BCUT2D eigenvalue weighted by molar-refractivity contribution is 6.30. The third kappa shape index (κ3) is 3.96. The molecular formula is C17H15ClN4O. The summed E-state index contributed by atoms with van der Waals surface area (Å²) >= 11 is 5.83. The van der Waals surface area contributed by atoms with E-state index in [1.54, 1.807) is 35.3 Å². The van der Waals surface area contributed by atoms with Gasteiger partial charge >= 0.3 is 0 Å². The van der Waals surface area contributed by atoms with Crippen LogP contribution in [0.1, 0.15) is 5.56 Å². The number of benzene rings is 1. The summed E-state index contributed by atoms with van der Waals surface area (Å²) in [6.45, 7) is 0. The molecule has 6 heteroatoms. The Morgan fingerprint density at radius 2 is 1.91 bits per heavy atom. The van der Waals surface area contributed by atoms with Gasteiger partial charge in [-0.1, -0.05) is 23.7 Å². The molecule has 0 unspecified atom stereocenters. The molecule has 3 rings (SSSR count). The minimum Gasteiger partial charge on any atom is -0.310 e. The van der Waals surface area contributed by atoms with E-state index >= 15 is 0 Å². The standard InChI is InChI=1S/C17H15ClN4O/c1-22-11-14(10-20-22)13-4-7-16(19-9-13)21-17(23)8-12-2-5-15(18)6-3-12/h2-7,9-11H,8H2,1H3,(H,19,21,23). The van der Waals surface area contributed by atoms with Crippen LogP contribution in [0, 0.1) is 0 Å². The van der Waals surface area contributed by atoms with Crippen LogP contribution in [0.15, 0.2) is 55.0 Å². The molecule has 2 heterocycles. The summed E-state index contributed by atoms with van der Waals surface area (Å²) in [5.74, 6) is 0.408. The van der Waals surface area contributed by atoms with Crippen LogP contribution in [0.4, 0.5) is 5.82 Å². The Kier molecular flexibility index (Phi) is 4.39. The van der Waals surface area contributed by atoms with Gasteiger partial charge in [0.25, 0.3) is 0 Å². The van der Waals surface area contributed by atoms with Crippen molar-refractivity contribution in [3.8, 4) is 11.1 Å². The minimum absolute atomic E-state index is 0.117. The maximum Gasteiger partial charge on any atom is 0.229 e. The van der Waals surface area contributed by atoms with Crippen molar-refractivity contribution in [3.63, 3.8) is 0 Å². The Morgan fingerprint density at radius 3 is 2.52 bits per heavy atom. The van der Waals surface area contributed by atoms with E-state index < -0.39 is 0 Å². The van der Waals surface area contributed by atoms with Gasteiger partial charge in [-0.2, -0.15) is 5.10 Å². The number of hydrogen-bond donors (Lipinski definition) is 1. The van der Waals surface area contributed by atoms with Gasteiger partial charge in [0, 0.05) is 35.6 Å². The van der Waals surface area contributed by atoms with Crippen LogP contribution in [-0.2, 0) is 18.3 Å². The van der Waals surface area contributed by atoms with Crippen LogP contribution in [0.3, 0.4) is 0 Å². The van der Waals surface area contributed by atoms with Gasteiger partial charge in [-0.05, 0) is 29.8 Å². The van der Waals surface area contributed by atoms with Crippen molar-refractivity contribution < 1.29 is 4.79 Å². The van der Waals surface area contributed by atoms with Gasteiger partial charge < -0.3 is 5.32 Å². The Hall–Kier alpha value is -2.66. The summed E-state index contributed by atoms with van der Waals surface area (Å²) in [6.07, 6.45) is 5.68. The van der Waals surface area contributed by atoms with Crippen molar-refractivity contribution in [1.29, 1.82) is 0 Å². The smallest absolute Gasteiger partial charge is 0.229 e. The average molecular weight is 327 g/mol. The predicted molar refractivity (Wildman–Crippen MR) is 90.2 cm³/mol. The highest BCUT2D eigenvalue weighted by Crippen LogP contribution is 2.18. The third-order valence-corrected chi connectivity index (χ3v) is 3.60. The number of nitrogens with zero attached hydrogens (tertiary/aromatic N) is 3. The van der Waals surface area contributed by atoms with E-state index in [0.29, 0.717) is 10.8 Å². The molecule has 0 fully saturated rings. The molecule has 1 amide bonds. The van der Waals surface area contributed by atoms with Crippen molar-refractivity contribution in [2.24, 2.45) is 7.05 Å². The maximum absolute atomic E-state index is 12.0. The zero-order valence-corrected chi connectivity index (χ0v) is 13.3. The van der Waals surface area contributed by atoms with Crippen molar-refractivity contribution in [2.45, 2.75) is 6.42 Å². The number of pyridine rings is 1. The number of nitrogens with one attached hydrogen (secondary N) is 1. The predicted octanol–water partition coefficient (Wildman–Crippen LogP) is 3.32. The lowest BCUT2D eigenvalue weighted by Gasteiger charge is -2.05. The van der Waals surface area contributed by atoms with Gasteiger partial charge in [0.2, 0.25) is 5.91 Å². The molecule has 0 radical (unpaired) electrons. The SMILES string of the molecule is Cn1cc(-c2ccc(NC(=O)Cc3ccc(Cl)cc3)nc2)cn1. The molecule has 5 nitrogen and oxygen atoms in total. The van der Waals surface area contributed by atoms with Crippen LogP contribution < -0.4 is 5.32 Å². The zero-order chi connectivity index (χ0) is 16.2. The number of amides is 1. The normalized spacial score (nSPS) is 10.5. The van der Waals surface area contributed by atoms with Gasteiger partial charge in [0.1, 0.15) is 5.82 Å². The van der Waals surface area contributed by atoms with Gasteiger partial charge in [-0.3, -0.25) is 9.48 Å². The van der Waals surface area contributed by atoms with Gasteiger partial charge in [-0.25, -0.2) is 4.98 Å². The van der Waals surface area contributed by atoms with Gasteiger partial charge in [0.15, 0.2) is 0 Å². The quantitative estimate of drug-likeness (QED) is 0.800. The lowest BCUT2D eigenvalue weighted by atomic mass is 10.1. The van der Waals surface area contributed by atoms with Crippen molar-refractivity contribution in [3.05, 3.63) is 65.6 Å². The molecular weight excluding hydrogens is 312 g/mol. The largest absolute Gasteiger partial charge is 0.310 e. The van der Waals surface area contributed by atoms with E-state index in [4.69, 9.17) is 11.6 Å². The fraction of sp³-hybridized carbons (Fsp3) is 0.118. The fourth-order valence-electron chi connectivity index (χ4n) is 2.18. The molecule has 1 N–H and O–H groups in total. The van der Waals surface area contributed by atoms with E-state index in [1.165, 1.54) is 0 Å². The molecule has 0 bridgehead atoms. The number of carbonyl (C=O) groups is 1. The van der Waals surface area contributed by atoms with Gasteiger partial charge in [0.05, 0.1) is 12.6 Å². The van der Waals surface area contributed by atoms with Crippen molar-refractivity contribution >= 4 is 23.3 Å². The Morgan fingerprint density at radius 1 is 1.13 bits per heavy atom. The molecule has 3 aromatic rings. The zero-order valence-electron chi connectivity index (χ0n) is 12.5. The van der Waals surface area contributed by atoms with Crippen molar-refractivity contribution in [1.82, 2.24) is 14.8 Å². The molecule has 0 saturated heterocycles. The number of hydrogen-bond acceptors (Lipinski definition) is 3. The Bertz CT molecular complexity index is 809. The summed E-state index contributed by atoms with van der Waals surface area (Å²) in [7, 11) is 1.86. The first kappa shape index (κ1) is 15.2. The molecule has 2 aromatic heterocycles. The summed E-state index contributed by atoms with van der Waals surface area (Å²) < 4.78 is 1.73. The monoisotopic (exact) mass is 326 g/mol. The van der Waals surface area contributed by atoms with E-state index in [9.17, 15) is 4.79 Å². The first-order valence-electron chi connectivity index (χ1n) is 7.09. The number of aromatic nitrogens is 3. The molecule has 0 atom stereocenters. The summed E-state index contributed by atoms with van der Waals surface area (Å²) in [5.41, 5.74) is 2.84. The van der Waals surface area contributed by atoms with E-state index in [2.05, 4.69) is 15.4 Å². The van der Waals surface area contributed by atoms with Crippen LogP contribution in [0.2, 0.25) is 5.02 Å². The molecule has 0 aliphatic heterocycles. The highest BCUT2D eigenvalue weighted by atomic mass is 35.5. The average Bonchev–Trinajstić information content (AvgIpc) is 2.97. The van der Waals surface area contributed by atoms with E-state index in [0.717, 1.165) is 16.7 Å². The first-order valence-corrected chi connectivity index (χ1v) is 7.47. The first-order chi connectivity index (χ1) is 11.1. The molecule has 0 aliphatic carbocycles. The van der Waals surface area contributed by atoms with Crippen LogP contribution >= 0.6 is 11.6 Å². The molecule has 0 spiro atoms. The second kappa shape index (κ2) is 6.62. The van der Waals surface area contributed by atoms with Crippen LogP contribution in [0.5, 0.6) is 0 Å². The van der Waals surface area contributed by atoms with E-state index in [-0.39, 0.29) is 12.3 Å². The lowest BCUT2D eigenvalue weighted by Crippen LogP contribution is -2.15.